The van der Waals surface area contributed by atoms with Crippen LogP contribution in [0, 0.1) is 17.2 Å². The Kier molecular flexibility index (Phi) is 7.99. The predicted molar refractivity (Wildman–Crippen MR) is 127 cm³/mol. The van der Waals surface area contributed by atoms with Gasteiger partial charge in [0.05, 0.1) is 18.6 Å². The fourth-order valence-electron chi connectivity index (χ4n) is 4.26. The molecule has 5 nitrogen and oxygen atoms in total. The molecule has 0 bridgehead atoms. The summed E-state index contributed by atoms with van der Waals surface area (Å²) in [5.74, 6) is -1.24. The number of carbonyl (C=O) groups is 2. The Balaban J connectivity index is 2.09. The summed E-state index contributed by atoms with van der Waals surface area (Å²) < 4.78 is 4.90. The molecule has 3 aromatic rings. The third kappa shape index (κ3) is 5.30. The zero-order chi connectivity index (χ0) is 23.7. The number of methoxy groups -OCH3 is 1. The van der Waals surface area contributed by atoms with Gasteiger partial charge in [-0.15, -0.1) is 0 Å². The van der Waals surface area contributed by atoms with Gasteiger partial charge in [-0.3, -0.25) is 4.79 Å². The highest BCUT2D eigenvalue weighted by molar-refractivity contribution is 5.86. The quantitative estimate of drug-likeness (QED) is 0.389. The van der Waals surface area contributed by atoms with Crippen molar-refractivity contribution >= 4 is 11.9 Å². The fraction of sp³-hybridized carbons (Fsp3) is 0.250. The molecule has 1 N–H and O–H groups in total. The molecule has 0 saturated carbocycles. The third-order valence-corrected chi connectivity index (χ3v) is 5.98. The lowest BCUT2D eigenvalue weighted by Gasteiger charge is -2.36. The lowest BCUT2D eigenvalue weighted by Crippen LogP contribution is -2.48. The molecule has 1 amide bonds. The number of hydrogen-bond acceptors (Lipinski definition) is 4. The summed E-state index contributed by atoms with van der Waals surface area (Å²) >= 11 is 0. The summed E-state index contributed by atoms with van der Waals surface area (Å²) in [6, 6.07) is 30.9. The molecule has 33 heavy (non-hydrogen) atoms. The SMILES string of the molecule is COC(=O)[C@H](NC(=O)CC(c1ccccc1)(c1ccccc1)c1ccccc1)[C@@H](C)CC#N. The van der Waals surface area contributed by atoms with Gasteiger partial charge >= 0.3 is 5.97 Å². The van der Waals surface area contributed by atoms with Crippen LogP contribution < -0.4 is 5.32 Å². The highest BCUT2D eigenvalue weighted by atomic mass is 16.5. The van der Waals surface area contributed by atoms with Crippen molar-refractivity contribution in [2.45, 2.75) is 31.2 Å². The first-order valence-electron chi connectivity index (χ1n) is 10.9. The van der Waals surface area contributed by atoms with E-state index in [-0.39, 0.29) is 24.7 Å². The Labute approximate surface area is 195 Å². The van der Waals surface area contributed by atoms with E-state index in [0.717, 1.165) is 16.7 Å². The molecule has 0 aromatic heterocycles. The van der Waals surface area contributed by atoms with Crippen LogP contribution >= 0.6 is 0 Å². The number of ether oxygens (including phenoxy) is 1. The van der Waals surface area contributed by atoms with Crippen molar-refractivity contribution in [3.63, 3.8) is 0 Å². The molecule has 0 spiro atoms. The topological polar surface area (TPSA) is 79.2 Å². The summed E-state index contributed by atoms with van der Waals surface area (Å²) in [4.78, 5) is 25.9. The van der Waals surface area contributed by atoms with E-state index in [1.165, 1.54) is 7.11 Å². The summed E-state index contributed by atoms with van der Waals surface area (Å²) in [5, 5.41) is 11.9. The van der Waals surface area contributed by atoms with Crippen LogP contribution in [0.25, 0.3) is 0 Å². The van der Waals surface area contributed by atoms with Crippen LogP contribution in [0.4, 0.5) is 0 Å². The highest BCUT2D eigenvalue weighted by Crippen LogP contribution is 2.42. The smallest absolute Gasteiger partial charge is 0.328 e. The first-order chi connectivity index (χ1) is 16.0. The highest BCUT2D eigenvalue weighted by Gasteiger charge is 2.39. The van der Waals surface area contributed by atoms with Gasteiger partial charge in [0.2, 0.25) is 5.91 Å². The van der Waals surface area contributed by atoms with Crippen molar-refractivity contribution in [3.05, 3.63) is 108 Å². The molecule has 0 unspecified atom stereocenters. The second-order valence-corrected chi connectivity index (χ2v) is 8.09. The maximum atomic E-state index is 13.5. The van der Waals surface area contributed by atoms with Crippen LogP contribution in [0.3, 0.4) is 0 Å². The number of hydrogen-bond donors (Lipinski definition) is 1. The molecule has 2 atom stereocenters. The van der Waals surface area contributed by atoms with Gasteiger partial charge in [-0.2, -0.15) is 5.26 Å². The number of amides is 1. The van der Waals surface area contributed by atoms with Crippen LogP contribution in [-0.2, 0) is 19.7 Å². The molecule has 0 heterocycles. The van der Waals surface area contributed by atoms with Gasteiger partial charge in [-0.25, -0.2) is 4.79 Å². The van der Waals surface area contributed by atoms with Crippen molar-refractivity contribution < 1.29 is 14.3 Å². The molecule has 0 aliphatic carbocycles. The van der Waals surface area contributed by atoms with Gasteiger partial charge in [-0.05, 0) is 16.7 Å². The maximum Gasteiger partial charge on any atom is 0.328 e. The lowest BCUT2D eigenvalue weighted by molar-refractivity contribution is -0.146. The van der Waals surface area contributed by atoms with Crippen LogP contribution in [0.1, 0.15) is 36.5 Å². The first kappa shape index (κ1) is 23.7. The third-order valence-electron chi connectivity index (χ3n) is 5.98. The Hall–Kier alpha value is -3.91. The predicted octanol–water partition coefficient (Wildman–Crippen LogP) is 4.62. The monoisotopic (exact) mass is 440 g/mol. The summed E-state index contributed by atoms with van der Waals surface area (Å²) in [6.07, 6.45) is 0.207. The molecule has 5 heteroatoms. The van der Waals surface area contributed by atoms with Crippen molar-refractivity contribution in [1.29, 1.82) is 5.26 Å². The Morgan fingerprint density at radius 3 is 1.67 bits per heavy atom. The van der Waals surface area contributed by atoms with Crippen molar-refractivity contribution in [1.82, 2.24) is 5.32 Å². The van der Waals surface area contributed by atoms with Crippen molar-refractivity contribution in [3.8, 4) is 6.07 Å². The number of rotatable bonds is 9. The van der Waals surface area contributed by atoms with Crippen LogP contribution in [0.2, 0.25) is 0 Å². The standard InChI is InChI=1S/C28H28N2O3/c1-21(18-19-29)26(27(32)33-2)30-25(31)20-28(22-12-6-3-7-13-22,23-14-8-4-9-15-23)24-16-10-5-11-17-24/h3-17,21,26H,18,20H2,1-2H3,(H,30,31)/t21-,26+/m0/s1. The molecule has 0 aliphatic rings. The minimum absolute atomic E-state index is 0.0812. The molecule has 0 radical (unpaired) electrons. The van der Waals surface area contributed by atoms with Gasteiger partial charge in [-0.1, -0.05) is 97.9 Å². The van der Waals surface area contributed by atoms with Crippen LogP contribution in [0.5, 0.6) is 0 Å². The van der Waals surface area contributed by atoms with E-state index < -0.39 is 17.4 Å². The van der Waals surface area contributed by atoms with Crippen LogP contribution in [0.15, 0.2) is 91.0 Å². The fourth-order valence-corrected chi connectivity index (χ4v) is 4.26. The van der Waals surface area contributed by atoms with E-state index in [2.05, 4.69) is 11.4 Å². The molecule has 168 valence electrons. The van der Waals surface area contributed by atoms with E-state index in [4.69, 9.17) is 10.00 Å². The number of esters is 1. The Morgan fingerprint density at radius 1 is 0.879 bits per heavy atom. The van der Waals surface area contributed by atoms with E-state index in [9.17, 15) is 9.59 Å². The van der Waals surface area contributed by atoms with Gasteiger partial charge in [0.1, 0.15) is 6.04 Å². The van der Waals surface area contributed by atoms with E-state index in [1.54, 1.807) is 6.92 Å². The van der Waals surface area contributed by atoms with Crippen LogP contribution in [-0.4, -0.2) is 25.0 Å². The molecular weight excluding hydrogens is 412 g/mol. The van der Waals surface area contributed by atoms with Crippen molar-refractivity contribution in [2.24, 2.45) is 5.92 Å². The molecule has 0 saturated heterocycles. The van der Waals surface area contributed by atoms with Gasteiger partial charge in [0.15, 0.2) is 0 Å². The number of nitrogens with one attached hydrogen (secondary N) is 1. The molecule has 0 fully saturated rings. The second-order valence-electron chi connectivity index (χ2n) is 8.09. The van der Waals surface area contributed by atoms with E-state index >= 15 is 0 Å². The number of benzene rings is 3. The minimum Gasteiger partial charge on any atom is -0.467 e. The summed E-state index contributed by atoms with van der Waals surface area (Å²) in [5.41, 5.74) is 2.14. The zero-order valence-electron chi connectivity index (χ0n) is 18.9. The normalized spacial score (nSPS) is 12.8. The Morgan fingerprint density at radius 2 is 1.30 bits per heavy atom. The molecule has 3 aromatic carbocycles. The number of nitriles is 1. The molecule has 0 aliphatic heterocycles. The van der Waals surface area contributed by atoms with Gasteiger partial charge in [0, 0.05) is 18.8 Å². The molecule has 3 rings (SSSR count). The zero-order valence-corrected chi connectivity index (χ0v) is 18.9. The second kappa shape index (κ2) is 11.1. The Bertz CT molecular complexity index is 996. The number of carbonyl (C=O) groups excluding carboxylic acids is 2. The minimum atomic E-state index is -0.901. The van der Waals surface area contributed by atoms with E-state index in [0.29, 0.717) is 0 Å². The lowest BCUT2D eigenvalue weighted by atomic mass is 9.67. The summed E-state index contributed by atoms with van der Waals surface area (Å²) in [7, 11) is 1.28. The van der Waals surface area contributed by atoms with Gasteiger partial charge in [0.25, 0.3) is 0 Å². The largest absolute Gasteiger partial charge is 0.467 e. The molecular formula is C28H28N2O3. The average molecular weight is 441 g/mol. The van der Waals surface area contributed by atoms with E-state index in [1.807, 2.05) is 91.0 Å². The van der Waals surface area contributed by atoms with Crippen molar-refractivity contribution in [2.75, 3.05) is 7.11 Å². The maximum absolute atomic E-state index is 13.5. The summed E-state index contributed by atoms with van der Waals surface area (Å²) in [6.45, 7) is 1.75. The number of nitrogens with zero attached hydrogens (tertiary/aromatic N) is 1. The first-order valence-corrected chi connectivity index (χ1v) is 10.9. The van der Waals surface area contributed by atoms with Gasteiger partial charge < -0.3 is 10.1 Å². The average Bonchev–Trinajstić information content (AvgIpc) is 2.87.